The first-order chi connectivity index (χ1) is 5.88. The van der Waals surface area contributed by atoms with Crippen molar-refractivity contribution in [1.82, 2.24) is 5.32 Å². The van der Waals surface area contributed by atoms with Crippen LogP contribution in [-0.2, 0) is 0 Å². The Balaban J connectivity index is 2.22. The van der Waals surface area contributed by atoms with Crippen molar-refractivity contribution < 1.29 is 0 Å². The second-order valence-electron chi connectivity index (χ2n) is 3.42. The molecule has 72 valence electrons. The molecule has 1 heterocycles. The third kappa shape index (κ3) is 2.96. The van der Waals surface area contributed by atoms with Gasteiger partial charge in [0.2, 0.25) is 0 Å². The second-order valence-corrected chi connectivity index (χ2v) is 4.57. The Labute approximate surface area is 79.7 Å². The highest BCUT2D eigenvalue weighted by atomic mass is 32.2. The van der Waals surface area contributed by atoms with Crippen molar-refractivity contribution in [2.24, 2.45) is 11.7 Å². The monoisotopic (exact) mass is 188 g/mol. The summed E-state index contributed by atoms with van der Waals surface area (Å²) in [4.78, 5) is 0. The highest BCUT2D eigenvalue weighted by Gasteiger charge is 2.23. The van der Waals surface area contributed by atoms with E-state index in [2.05, 4.69) is 24.0 Å². The van der Waals surface area contributed by atoms with Crippen LogP contribution < -0.4 is 11.1 Å². The maximum atomic E-state index is 5.72. The second kappa shape index (κ2) is 5.84. The van der Waals surface area contributed by atoms with Gasteiger partial charge in [-0.2, -0.15) is 11.8 Å². The molecule has 3 N–H and O–H groups in total. The molecule has 0 radical (unpaired) electrons. The third-order valence-electron chi connectivity index (χ3n) is 2.44. The van der Waals surface area contributed by atoms with Gasteiger partial charge in [-0.25, -0.2) is 0 Å². The van der Waals surface area contributed by atoms with Crippen LogP contribution in [0.5, 0.6) is 0 Å². The van der Waals surface area contributed by atoms with E-state index in [4.69, 9.17) is 5.73 Å². The Morgan fingerprint density at radius 2 is 2.50 bits per heavy atom. The van der Waals surface area contributed by atoms with E-state index in [-0.39, 0.29) is 0 Å². The lowest BCUT2D eigenvalue weighted by molar-refractivity contribution is 0.389. The van der Waals surface area contributed by atoms with Crippen molar-refractivity contribution in [1.29, 1.82) is 0 Å². The molecule has 0 bridgehead atoms. The van der Waals surface area contributed by atoms with E-state index < -0.39 is 0 Å². The summed E-state index contributed by atoms with van der Waals surface area (Å²) in [5.74, 6) is 3.46. The topological polar surface area (TPSA) is 38.0 Å². The fraction of sp³-hybridized carbons (Fsp3) is 1.00. The summed E-state index contributed by atoms with van der Waals surface area (Å²) in [6.45, 7) is 4.11. The number of rotatable bonds is 5. The van der Waals surface area contributed by atoms with Gasteiger partial charge in [0.1, 0.15) is 0 Å². The molecule has 0 spiro atoms. The van der Waals surface area contributed by atoms with Crippen molar-refractivity contribution in [3.63, 3.8) is 0 Å². The van der Waals surface area contributed by atoms with E-state index in [1.54, 1.807) is 0 Å². The van der Waals surface area contributed by atoms with Crippen molar-refractivity contribution in [2.45, 2.75) is 25.8 Å². The summed E-state index contributed by atoms with van der Waals surface area (Å²) in [6.07, 6.45) is 2.56. The van der Waals surface area contributed by atoms with E-state index in [1.165, 1.54) is 24.3 Å². The molecule has 0 saturated carbocycles. The summed E-state index contributed by atoms with van der Waals surface area (Å²) in [7, 11) is 0. The van der Waals surface area contributed by atoms with E-state index in [0.717, 1.165) is 19.0 Å². The minimum atomic E-state index is 0.569. The molecule has 1 fully saturated rings. The predicted octanol–water partition coefficient (Wildman–Crippen LogP) is 1.07. The molecule has 0 aromatic carbocycles. The smallest absolute Gasteiger partial charge is 0.0226 e. The van der Waals surface area contributed by atoms with E-state index in [0.29, 0.717) is 6.04 Å². The number of thioether (sulfide) groups is 1. The number of nitrogens with two attached hydrogens (primary N) is 1. The van der Waals surface area contributed by atoms with E-state index in [1.807, 2.05) is 0 Å². The van der Waals surface area contributed by atoms with Gasteiger partial charge in [0.05, 0.1) is 0 Å². The van der Waals surface area contributed by atoms with E-state index in [9.17, 15) is 0 Å². The number of hydrogen-bond acceptors (Lipinski definition) is 3. The molecule has 12 heavy (non-hydrogen) atoms. The Bertz CT molecular complexity index is 113. The minimum absolute atomic E-state index is 0.569. The van der Waals surface area contributed by atoms with Gasteiger partial charge >= 0.3 is 0 Å². The summed E-state index contributed by atoms with van der Waals surface area (Å²) >= 11 is 2.06. The van der Waals surface area contributed by atoms with Crippen LogP contribution in [-0.4, -0.2) is 30.6 Å². The molecular formula is C9H20N2S. The van der Waals surface area contributed by atoms with Gasteiger partial charge in [-0.3, -0.25) is 0 Å². The van der Waals surface area contributed by atoms with Crippen LogP contribution in [0.15, 0.2) is 0 Å². The average Bonchev–Trinajstić information content (AvgIpc) is 2.59. The number of hydrogen-bond donors (Lipinski definition) is 2. The molecular weight excluding hydrogens is 168 g/mol. The van der Waals surface area contributed by atoms with Gasteiger partial charge in [0, 0.05) is 12.6 Å². The maximum Gasteiger partial charge on any atom is 0.0226 e. The minimum Gasteiger partial charge on any atom is -0.329 e. The van der Waals surface area contributed by atoms with Crippen LogP contribution >= 0.6 is 11.8 Å². The van der Waals surface area contributed by atoms with Crippen LogP contribution in [0.25, 0.3) is 0 Å². The van der Waals surface area contributed by atoms with Gasteiger partial charge in [0.15, 0.2) is 0 Å². The van der Waals surface area contributed by atoms with Crippen molar-refractivity contribution in [3.05, 3.63) is 0 Å². The Kier molecular flexibility index (Phi) is 5.04. The fourth-order valence-corrected chi connectivity index (χ4v) is 2.98. The highest BCUT2D eigenvalue weighted by molar-refractivity contribution is 7.99. The molecule has 0 aromatic rings. The molecule has 0 aromatic heterocycles. The molecule has 1 aliphatic heterocycles. The summed E-state index contributed by atoms with van der Waals surface area (Å²) in [5, 5.41) is 3.52. The largest absolute Gasteiger partial charge is 0.329 e. The fourth-order valence-electron chi connectivity index (χ4n) is 1.64. The summed E-state index contributed by atoms with van der Waals surface area (Å²) in [6, 6.07) is 0.569. The molecule has 1 saturated heterocycles. The predicted molar refractivity (Wildman–Crippen MR) is 56.6 cm³/mol. The molecule has 1 aliphatic rings. The first kappa shape index (κ1) is 10.4. The molecule has 2 atom stereocenters. The van der Waals surface area contributed by atoms with Crippen LogP contribution in [0.4, 0.5) is 0 Å². The van der Waals surface area contributed by atoms with Crippen LogP contribution in [0.3, 0.4) is 0 Å². The molecule has 2 unspecified atom stereocenters. The number of nitrogens with one attached hydrogen (secondary N) is 1. The molecule has 0 aliphatic carbocycles. The zero-order valence-electron chi connectivity index (χ0n) is 7.88. The highest BCUT2D eigenvalue weighted by Crippen LogP contribution is 2.25. The van der Waals surface area contributed by atoms with Gasteiger partial charge in [-0.1, -0.05) is 6.92 Å². The van der Waals surface area contributed by atoms with Gasteiger partial charge in [-0.15, -0.1) is 0 Å². The quantitative estimate of drug-likeness (QED) is 0.678. The van der Waals surface area contributed by atoms with Crippen molar-refractivity contribution >= 4 is 11.8 Å². The van der Waals surface area contributed by atoms with Crippen molar-refractivity contribution in [3.8, 4) is 0 Å². The van der Waals surface area contributed by atoms with Crippen molar-refractivity contribution in [2.75, 3.05) is 24.6 Å². The van der Waals surface area contributed by atoms with Gasteiger partial charge in [0.25, 0.3) is 0 Å². The first-order valence-corrected chi connectivity index (χ1v) is 6.05. The van der Waals surface area contributed by atoms with Crippen LogP contribution in [0.2, 0.25) is 0 Å². The lowest BCUT2D eigenvalue weighted by atomic mass is 9.99. The van der Waals surface area contributed by atoms with Gasteiger partial charge in [-0.05, 0) is 36.8 Å². The third-order valence-corrected chi connectivity index (χ3v) is 3.63. The molecule has 1 rings (SSSR count). The molecule has 0 amide bonds. The lowest BCUT2D eigenvalue weighted by Crippen LogP contribution is -2.42. The lowest BCUT2D eigenvalue weighted by Gasteiger charge is -2.22. The zero-order valence-corrected chi connectivity index (χ0v) is 8.70. The zero-order chi connectivity index (χ0) is 8.81. The first-order valence-electron chi connectivity index (χ1n) is 4.89. The average molecular weight is 188 g/mol. The summed E-state index contributed by atoms with van der Waals surface area (Å²) in [5.41, 5.74) is 5.72. The Morgan fingerprint density at radius 3 is 3.00 bits per heavy atom. The normalized spacial score (nSPS) is 26.0. The Morgan fingerprint density at radius 1 is 1.67 bits per heavy atom. The van der Waals surface area contributed by atoms with Crippen LogP contribution in [0, 0.1) is 5.92 Å². The molecule has 2 nitrogen and oxygen atoms in total. The Hall–Kier alpha value is 0.270. The standard InChI is InChI=1S/C9H20N2S/c1-2-4-11-9(6-10)8-3-5-12-7-8/h8-9,11H,2-7,10H2,1H3. The van der Waals surface area contributed by atoms with Gasteiger partial charge < -0.3 is 11.1 Å². The van der Waals surface area contributed by atoms with E-state index >= 15 is 0 Å². The SMILES string of the molecule is CCCNC(CN)C1CCSC1. The maximum absolute atomic E-state index is 5.72. The molecule has 3 heteroatoms. The van der Waals surface area contributed by atoms with Crippen LogP contribution in [0.1, 0.15) is 19.8 Å². The summed E-state index contributed by atoms with van der Waals surface area (Å²) < 4.78 is 0.